The highest BCUT2D eigenvalue weighted by Gasteiger charge is 2.40. The van der Waals surface area contributed by atoms with Crippen molar-refractivity contribution in [1.82, 2.24) is 4.98 Å². The number of Topliss-reactive ketones (excluding diaryl/α,β-unsaturated/α-hetero) is 1. The van der Waals surface area contributed by atoms with Gasteiger partial charge in [-0.05, 0) is 46.4 Å². The van der Waals surface area contributed by atoms with Crippen LogP contribution in [0.15, 0.2) is 60.3 Å². The number of fused-ring (bicyclic) bond motifs is 4. The lowest BCUT2D eigenvalue weighted by atomic mass is 9.68. The molecule has 0 bridgehead atoms. The summed E-state index contributed by atoms with van der Waals surface area (Å²) in [6, 6.07) is 16.7. The molecule has 2 aromatic carbocycles. The highest BCUT2D eigenvalue weighted by atomic mass is 16.1. The average molecular weight is 342 g/mol. The van der Waals surface area contributed by atoms with E-state index in [1.165, 1.54) is 21.9 Å². The van der Waals surface area contributed by atoms with Gasteiger partial charge in [0.05, 0.1) is 6.04 Å². The van der Waals surface area contributed by atoms with Crippen LogP contribution in [-0.4, -0.2) is 10.8 Å². The second-order valence-electron chi connectivity index (χ2n) is 8.25. The van der Waals surface area contributed by atoms with Crippen molar-refractivity contribution in [2.75, 3.05) is 5.32 Å². The van der Waals surface area contributed by atoms with Crippen LogP contribution in [0.25, 0.3) is 16.3 Å². The van der Waals surface area contributed by atoms with Gasteiger partial charge in [0, 0.05) is 35.1 Å². The van der Waals surface area contributed by atoms with Gasteiger partial charge in [0.1, 0.15) is 0 Å². The first-order valence-corrected chi connectivity index (χ1v) is 9.22. The molecule has 1 aliphatic heterocycles. The molecule has 3 aromatic rings. The predicted molar refractivity (Wildman–Crippen MR) is 106 cm³/mol. The molecule has 1 aliphatic carbocycles. The van der Waals surface area contributed by atoms with Crippen molar-refractivity contribution < 1.29 is 4.79 Å². The predicted octanol–water partition coefficient (Wildman–Crippen LogP) is 5.48. The molecule has 2 N–H and O–H groups in total. The molecule has 0 unspecified atom stereocenters. The minimum atomic E-state index is -0.0998. The van der Waals surface area contributed by atoms with Gasteiger partial charge in [-0.25, -0.2) is 0 Å². The summed E-state index contributed by atoms with van der Waals surface area (Å²) < 4.78 is 0. The van der Waals surface area contributed by atoms with Gasteiger partial charge in [0.25, 0.3) is 0 Å². The van der Waals surface area contributed by atoms with E-state index in [1.54, 1.807) is 0 Å². The maximum Gasteiger partial charge on any atom is 0.162 e. The number of ketones is 1. The standard InChI is InChI=1S/C23H22N2O/c1-23(2)12-16-20-15-7-4-3-6-14(15)9-10-17(20)25-22(18-8-5-11-24-18)21(16)19(26)13-23/h3-11,22,24-25H,12-13H2,1-2H3/t22-/m0/s1. The number of allylic oxidation sites excluding steroid dienone is 1. The summed E-state index contributed by atoms with van der Waals surface area (Å²) in [7, 11) is 0. The van der Waals surface area contributed by atoms with Gasteiger partial charge in [0.15, 0.2) is 5.78 Å². The third-order valence-electron chi connectivity index (χ3n) is 5.67. The van der Waals surface area contributed by atoms with E-state index in [9.17, 15) is 4.79 Å². The van der Waals surface area contributed by atoms with Crippen molar-refractivity contribution in [3.8, 4) is 0 Å². The number of hydrogen-bond acceptors (Lipinski definition) is 2. The average Bonchev–Trinajstić information content (AvgIpc) is 3.14. The lowest BCUT2D eigenvalue weighted by molar-refractivity contribution is -0.118. The lowest BCUT2D eigenvalue weighted by Crippen LogP contribution is -2.33. The summed E-state index contributed by atoms with van der Waals surface area (Å²) in [5.74, 6) is 0.266. The number of H-pyrrole nitrogens is 1. The van der Waals surface area contributed by atoms with Crippen LogP contribution in [-0.2, 0) is 4.79 Å². The van der Waals surface area contributed by atoms with E-state index in [4.69, 9.17) is 0 Å². The molecule has 0 amide bonds. The van der Waals surface area contributed by atoms with E-state index in [0.29, 0.717) is 6.42 Å². The monoisotopic (exact) mass is 342 g/mol. The zero-order valence-electron chi connectivity index (χ0n) is 15.1. The minimum absolute atomic E-state index is 0.0121. The Morgan fingerprint density at radius 3 is 2.65 bits per heavy atom. The first-order chi connectivity index (χ1) is 12.5. The van der Waals surface area contributed by atoms with Crippen molar-refractivity contribution >= 4 is 27.8 Å². The van der Waals surface area contributed by atoms with Gasteiger partial charge >= 0.3 is 0 Å². The topological polar surface area (TPSA) is 44.9 Å². The van der Waals surface area contributed by atoms with E-state index in [2.05, 4.69) is 66.6 Å². The van der Waals surface area contributed by atoms with Crippen molar-refractivity contribution in [2.24, 2.45) is 5.41 Å². The molecular weight excluding hydrogens is 320 g/mol. The molecule has 2 heterocycles. The molecule has 0 spiro atoms. The molecule has 26 heavy (non-hydrogen) atoms. The van der Waals surface area contributed by atoms with Crippen molar-refractivity contribution in [1.29, 1.82) is 0 Å². The maximum absolute atomic E-state index is 13.2. The number of hydrogen-bond donors (Lipinski definition) is 2. The number of benzene rings is 2. The van der Waals surface area contributed by atoms with Crippen LogP contribution in [0, 0.1) is 5.41 Å². The van der Waals surface area contributed by atoms with E-state index >= 15 is 0 Å². The third-order valence-corrected chi connectivity index (χ3v) is 5.67. The van der Waals surface area contributed by atoms with Crippen molar-refractivity contribution in [2.45, 2.75) is 32.7 Å². The molecule has 130 valence electrons. The first kappa shape index (κ1) is 15.4. The van der Waals surface area contributed by atoms with Crippen LogP contribution in [0.4, 0.5) is 5.69 Å². The molecule has 3 nitrogen and oxygen atoms in total. The van der Waals surface area contributed by atoms with Gasteiger partial charge < -0.3 is 10.3 Å². The van der Waals surface area contributed by atoms with E-state index in [1.807, 2.05) is 12.3 Å². The fourth-order valence-corrected chi connectivity index (χ4v) is 4.59. The molecule has 3 heteroatoms. The zero-order valence-corrected chi connectivity index (χ0v) is 15.1. The Balaban J connectivity index is 1.83. The van der Waals surface area contributed by atoms with Gasteiger partial charge in [0.2, 0.25) is 0 Å². The molecule has 0 radical (unpaired) electrons. The number of nitrogens with one attached hydrogen (secondary N) is 2. The zero-order chi connectivity index (χ0) is 17.9. The fraction of sp³-hybridized carbons (Fsp3) is 0.261. The van der Waals surface area contributed by atoms with Crippen molar-refractivity contribution in [3.05, 3.63) is 71.6 Å². The van der Waals surface area contributed by atoms with Gasteiger partial charge in [-0.15, -0.1) is 0 Å². The summed E-state index contributed by atoms with van der Waals surface area (Å²) in [6.45, 7) is 4.40. The lowest BCUT2D eigenvalue weighted by Gasteiger charge is -2.39. The fourth-order valence-electron chi connectivity index (χ4n) is 4.59. The van der Waals surface area contributed by atoms with Gasteiger partial charge in [-0.3, -0.25) is 4.79 Å². The largest absolute Gasteiger partial charge is 0.372 e. The SMILES string of the molecule is CC1(C)CC(=O)C2=C(C1)c1c(ccc3ccccc13)N[C@H]2c1ccc[nH]1. The highest BCUT2D eigenvalue weighted by molar-refractivity contribution is 6.12. The van der Waals surface area contributed by atoms with Crippen LogP contribution in [0.5, 0.6) is 0 Å². The number of aromatic amines is 1. The molecule has 0 saturated heterocycles. The van der Waals surface area contributed by atoms with Crippen LogP contribution in [0.1, 0.15) is 44.0 Å². The van der Waals surface area contributed by atoms with Gasteiger partial charge in [-0.1, -0.05) is 44.2 Å². The molecule has 0 fully saturated rings. The number of rotatable bonds is 1. The smallest absolute Gasteiger partial charge is 0.162 e. The van der Waals surface area contributed by atoms with E-state index in [-0.39, 0.29) is 17.2 Å². The number of aromatic nitrogens is 1. The summed E-state index contributed by atoms with van der Waals surface area (Å²) in [5.41, 5.74) is 5.52. The number of carbonyl (C=O) groups excluding carboxylic acids is 1. The van der Waals surface area contributed by atoms with Crippen LogP contribution < -0.4 is 5.32 Å². The summed E-state index contributed by atoms with van der Waals surface area (Å²) >= 11 is 0. The Bertz CT molecular complexity index is 1060. The molecule has 2 aliphatic rings. The summed E-state index contributed by atoms with van der Waals surface area (Å²) in [5, 5.41) is 6.08. The highest BCUT2D eigenvalue weighted by Crippen LogP contribution is 2.51. The Morgan fingerprint density at radius 2 is 1.85 bits per heavy atom. The van der Waals surface area contributed by atoms with Crippen molar-refractivity contribution in [3.63, 3.8) is 0 Å². The quantitative estimate of drug-likeness (QED) is 0.615. The Kier molecular flexibility index (Phi) is 3.17. The molecule has 5 rings (SSSR count). The number of carbonyl (C=O) groups is 1. The summed E-state index contributed by atoms with van der Waals surface area (Å²) in [6.07, 6.45) is 3.45. The van der Waals surface area contributed by atoms with Gasteiger partial charge in [-0.2, -0.15) is 0 Å². The van der Waals surface area contributed by atoms with E-state index in [0.717, 1.165) is 23.4 Å². The first-order valence-electron chi connectivity index (χ1n) is 9.22. The molecular formula is C23H22N2O. The second-order valence-corrected chi connectivity index (χ2v) is 8.25. The van der Waals surface area contributed by atoms with E-state index < -0.39 is 0 Å². The molecule has 0 saturated carbocycles. The Hall–Kier alpha value is -2.81. The Labute approximate surface area is 153 Å². The summed E-state index contributed by atoms with van der Waals surface area (Å²) in [4.78, 5) is 16.5. The van der Waals surface area contributed by atoms with Crippen LogP contribution >= 0.6 is 0 Å². The van der Waals surface area contributed by atoms with Crippen LogP contribution in [0.3, 0.4) is 0 Å². The molecule has 1 aromatic heterocycles. The second kappa shape index (κ2) is 5.34. The minimum Gasteiger partial charge on any atom is -0.372 e. The maximum atomic E-state index is 13.2. The van der Waals surface area contributed by atoms with Crippen LogP contribution in [0.2, 0.25) is 0 Å². The normalized spacial score (nSPS) is 21.3. The molecule has 1 atom stereocenters. The third kappa shape index (κ3) is 2.23. The Morgan fingerprint density at radius 1 is 1.00 bits per heavy atom. The number of anilines is 1.